The number of carbonyl (C=O) groups is 1. The van der Waals surface area contributed by atoms with Crippen LogP contribution < -0.4 is 15.4 Å². The summed E-state index contributed by atoms with van der Waals surface area (Å²) in [5, 5.41) is 5.92. The second-order valence-corrected chi connectivity index (χ2v) is 4.75. The van der Waals surface area contributed by atoms with Crippen molar-refractivity contribution in [1.82, 2.24) is 15.3 Å². The molecule has 1 amide bonds. The van der Waals surface area contributed by atoms with Crippen molar-refractivity contribution in [1.29, 1.82) is 0 Å². The third kappa shape index (κ3) is 4.44. The van der Waals surface area contributed by atoms with Gasteiger partial charge in [0.1, 0.15) is 17.3 Å². The lowest BCUT2D eigenvalue weighted by molar-refractivity contribution is 0.0948. The largest absolute Gasteiger partial charge is 0.497 e. The number of ether oxygens (including phenoxy) is 1. The molecule has 0 aliphatic rings. The minimum absolute atomic E-state index is 0.197. The zero-order valence-corrected chi connectivity index (χ0v) is 12.8. The van der Waals surface area contributed by atoms with Gasteiger partial charge >= 0.3 is 0 Å². The Morgan fingerprint density at radius 1 is 1.18 bits per heavy atom. The van der Waals surface area contributed by atoms with E-state index >= 15 is 0 Å². The summed E-state index contributed by atoms with van der Waals surface area (Å²) in [6, 6.07) is 7.47. The molecule has 22 heavy (non-hydrogen) atoms. The third-order valence-corrected chi connectivity index (χ3v) is 3.06. The predicted octanol–water partition coefficient (Wildman–Crippen LogP) is 2.76. The molecule has 0 saturated heterocycles. The normalized spacial score (nSPS) is 10.1. The molecule has 2 aromatic rings. The Hall–Kier alpha value is -2.63. The number of nitrogens with zero attached hydrogens (tertiary/aromatic N) is 2. The van der Waals surface area contributed by atoms with Gasteiger partial charge in [0.25, 0.3) is 5.91 Å². The molecule has 1 aromatic heterocycles. The molecule has 6 nitrogen and oxygen atoms in total. The summed E-state index contributed by atoms with van der Waals surface area (Å²) in [5.41, 5.74) is 1.19. The number of benzene rings is 1. The van der Waals surface area contributed by atoms with E-state index in [0.29, 0.717) is 18.1 Å². The van der Waals surface area contributed by atoms with E-state index in [9.17, 15) is 4.79 Å². The molecule has 0 fully saturated rings. The highest BCUT2D eigenvalue weighted by atomic mass is 16.5. The highest BCUT2D eigenvalue weighted by molar-refractivity contribution is 5.92. The van der Waals surface area contributed by atoms with Crippen molar-refractivity contribution in [2.75, 3.05) is 19.0 Å². The van der Waals surface area contributed by atoms with E-state index in [-0.39, 0.29) is 5.91 Å². The molecule has 0 aliphatic carbocycles. The van der Waals surface area contributed by atoms with Crippen molar-refractivity contribution < 1.29 is 9.53 Å². The van der Waals surface area contributed by atoms with Crippen LogP contribution in [0.4, 0.5) is 11.5 Å². The Morgan fingerprint density at radius 2 is 1.95 bits per heavy atom. The number of nitrogens with one attached hydrogen (secondary N) is 2. The first kappa shape index (κ1) is 15.8. The lowest BCUT2D eigenvalue weighted by Crippen LogP contribution is -2.25. The Bertz CT molecular complexity index is 597. The Kier molecular flexibility index (Phi) is 5.71. The molecule has 0 bridgehead atoms. The van der Waals surface area contributed by atoms with Gasteiger partial charge in [0, 0.05) is 12.2 Å². The monoisotopic (exact) mass is 300 g/mol. The van der Waals surface area contributed by atoms with Crippen molar-refractivity contribution in [3.8, 4) is 5.75 Å². The van der Waals surface area contributed by atoms with Crippen LogP contribution in [0.5, 0.6) is 5.75 Å². The molecule has 0 saturated carbocycles. The van der Waals surface area contributed by atoms with Crippen LogP contribution >= 0.6 is 0 Å². The fourth-order valence-electron chi connectivity index (χ4n) is 1.80. The zero-order chi connectivity index (χ0) is 15.8. The molecule has 6 heteroatoms. The average Bonchev–Trinajstić information content (AvgIpc) is 2.56. The maximum absolute atomic E-state index is 11.8. The van der Waals surface area contributed by atoms with E-state index in [0.717, 1.165) is 24.3 Å². The van der Waals surface area contributed by atoms with Gasteiger partial charge in [-0.05, 0) is 30.7 Å². The molecule has 0 atom stereocenters. The van der Waals surface area contributed by atoms with E-state index in [1.165, 1.54) is 6.20 Å². The fourth-order valence-corrected chi connectivity index (χ4v) is 1.80. The van der Waals surface area contributed by atoms with Crippen LogP contribution in [0.2, 0.25) is 0 Å². The number of rotatable bonds is 7. The van der Waals surface area contributed by atoms with Gasteiger partial charge in [-0.2, -0.15) is 0 Å². The van der Waals surface area contributed by atoms with Crippen LogP contribution in [0, 0.1) is 0 Å². The van der Waals surface area contributed by atoms with Crippen LogP contribution in [0.3, 0.4) is 0 Å². The molecule has 0 radical (unpaired) electrons. The first-order chi connectivity index (χ1) is 10.7. The fraction of sp³-hybridized carbons (Fsp3) is 0.312. The molecule has 116 valence electrons. The van der Waals surface area contributed by atoms with Gasteiger partial charge in [-0.1, -0.05) is 13.3 Å². The van der Waals surface area contributed by atoms with Crippen molar-refractivity contribution >= 4 is 17.4 Å². The van der Waals surface area contributed by atoms with E-state index in [1.807, 2.05) is 24.3 Å². The van der Waals surface area contributed by atoms with Gasteiger partial charge in [-0.25, -0.2) is 9.97 Å². The van der Waals surface area contributed by atoms with Crippen LogP contribution in [-0.4, -0.2) is 29.5 Å². The molecule has 1 aromatic carbocycles. The van der Waals surface area contributed by atoms with Crippen molar-refractivity contribution in [2.45, 2.75) is 19.8 Å². The highest BCUT2D eigenvalue weighted by Crippen LogP contribution is 2.18. The van der Waals surface area contributed by atoms with Crippen LogP contribution in [0.15, 0.2) is 36.7 Å². The number of hydrogen-bond donors (Lipinski definition) is 2. The number of unbranched alkanes of at least 4 members (excludes halogenated alkanes) is 1. The number of anilines is 2. The summed E-state index contributed by atoms with van der Waals surface area (Å²) in [4.78, 5) is 20.1. The SMILES string of the molecule is CCCCNC(=O)c1cnc(Nc2ccc(OC)cc2)cn1. The van der Waals surface area contributed by atoms with Gasteiger partial charge in [0.15, 0.2) is 0 Å². The minimum atomic E-state index is -0.197. The van der Waals surface area contributed by atoms with Crippen LogP contribution in [0.25, 0.3) is 0 Å². The van der Waals surface area contributed by atoms with E-state index in [2.05, 4.69) is 27.5 Å². The quantitative estimate of drug-likeness (QED) is 0.769. The topological polar surface area (TPSA) is 76.1 Å². The van der Waals surface area contributed by atoms with E-state index in [1.54, 1.807) is 13.3 Å². The second kappa shape index (κ2) is 7.97. The van der Waals surface area contributed by atoms with Gasteiger partial charge in [0.05, 0.1) is 19.5 Å². The predicted molar refractivity (Wildman–Crippen MR) is 85.5 cm³/mol. The average molecular weight is 300 g/mol. The molecule has 2 N–H and O–H groups in total. The highest BCUT2D eigenvalue weighted by Gasteiger charge is 2.07. The van der Waals surface area contributed by atoms with Crippen molar-refractivity contribution in [3.05, 3.63) is 42.4 Å². The number of amides is 1. The minimum Gasteiger partial charge on any atom is -0.497 e. The summed E-state index contributed by atoms with van der Waals surface area (Å²) in [6.07, 6.45) is 5.00. The first-order valence-electron chi connectivity index (χ1n) is 7.24. The molecule has 1 heterocycles. The summed E-state index contributed by atoms with van der Waals surface area (Å²) < 4.78 is 5.10. The van der Waals surface area contributed by atoms with E-state index in [4.69, 9.17) is 4.74 Å². The maximum atomic E-state index is 11.8. The number of hydrogen-bond acceptors (Lipinski definition) is 5. The lowest BCUT2D eigenvalue weighted by atomic mass is 10.3. The third-order valence-electron chi connectivity index (χ3n) is 3.06. The Balaban J connectivity index is 1.94. The molecular weight excluding hydrogens is 280 g/mol. The standard InChI is InChI=1S/C16H20N4O2/c1-3-4-9-17-16(21)14-10-19-15(11-18-14)20-12-5-7-13(22-2)8-6-12/h5-8,10-11H,3-4,9H2,1-2H3,(H,17,21)(H,19,20). The number of carbonyl (C=O) groups excluding carboxylic acids is 1. The second-order valence-electron chi connectivity index (χ2n) is 4.75. The lowest BCUT2D eigenvalue weighted by Gasteiger charge is -2.07. The number of methoxy groups -OCH3 is 1. The first-order valence-corrected chi connectivity index (χ1v) is 7.24. The van der Waals surface area contributed by atoms with Crippen LogP contribution in [-0.2, 0) is 0 Å². The molecule has 0 spiro atoms. The summed E-state index contributed by atoms with van der Waals surface area (Å²) in [5.74, 6) is 1.17. The van der Waals surface area contributed by atoms with Gasteiger partial charge in [-0.15, -0.1) is 0 Å². The molecular formula is C16H20N4O2. The molecule has 0 aliphatic heterocycles. The van der Waals surface area contributed by atoms with E-state index < -0.39 is 0 Å². The van der Waals surface area contributed by atoms with Gasteiger partial charge in [0.2, 0.25) is 0 Å². The number of aromatic nitrogens is 2. The summed E-state index contributed by atoms with van der Waals surface area (Å²) in [7, 11) is 1.62. The summed E-state index contributed by atoms with van der Waals surface area (Å²) in [6.45, 7) is 2.73. The Morgan fingerprint density at radius 3 is 2.55 bits per heavy atom. The van der Waals surface area contributed by atoms with Gasteiger partial charge in [-0.3, -0.25) is 4.79 Å². The summed E-state index contributed by atoms with van der Waals surface area (Å²) >= 11 is 0. The molecule has 0 unspecified atom stereocenters. The molecule has 2 rings (SSSR count). The van der Waals surface area contributed by atoms with Gasteiger partial charge < -0.3 is 15.4 Å². The Labute approximate surface area is 129 Å². The van der Waals surface area contributed by atoms with Crippen molar-refractivity contribution in [2.24, 2.45) is 0 Å². The van der Waals surface area contributed by atoms with Crippen molar-refractivity contribution in [3.63, 3.8) is 0 Å². The zero-order valence-electron chi connectivity index (χ0n) is 12.8. The maximum Gasteiger partial charge on any atom is 0.271 e. The smallest absolute Gasteiger partial charge is 0.271 e. The van der Waals surface area contributed by atoms with Crippen LogP contribution in [0.1, 0.15) is 30.3 Å².